The molecular formula is C13H21FN2O. The van der Waals surface area contributed by atoms with Crippen LogP contribution in [0.2, 0.25) is 0 Å². The number of hydrogen-bond donors (Lipinski definition) is 1. The Balaban J connectivity index is 4.78. The molecule has 1 N–H and O–H groups in total. The molecule has 0 aromatic heterocycles. The van der Waals surface area contributed by atoms with Crippen molar-refractivity contribution < 1.29 is 9.18 Å². The van der Waals surface area contributed by atoms with Crippen molar-refractivity contribution in [3.05, 3.63) is 24.6 Å². The van der Waals surface area contributed by atoms with E-state index in [0.717, 1.165) is 0 Å². The van der Waals surface area contributed by atoms with Crippen LogP contribution in [-0.4, -0.2) is 25.2 Å². The minimum absolute atomic E-state index is 0.0150. The van der Waals surface area contributed by atoms with E-state index in [-0.39, 0.29) is 23.3 Å². The Bertz CT molecular complexity index is 334. The predicted molar refractivity (Wildman–Crippen MR) is 69.7 cm³/mol. The first-order valence-electron chi connectivity index (χ1n) is 5.59. The molecule has 1 unspecified atom stereocenters. The summed E-state index contributed by atoms with van der Waals surface area (Å²) in [7, 11) is 1.50. The van der Waals surface area contributed by atoms with E-state index < -0.39 is 11.9 Å². The fourth-order valence-corrected chi connectivity index (χ4v) is 1.26. The zero-order chi connectivity index (χ0) is 13.6. The molecule has 3 nitrogen and oxygen atoms in total. The molecule has 2 atom stereocenters. The molecule has 0 radical (unpaired) electrons. The average Bonchev–Trinajstić information content (AvgIpc) is 2.26. The van der Waals surface area contributed by atoms with Gasteiger partial charge in [0.05, 0.1) is 0 Å². The Morgan fingerprint density at radius 2 is 1.88 bits per heavy atom. The van der Waals surface area contributed by atoms with Crippen molar-refractivity contribution in [1.82, 2.24) is 5.32 Å². The Hall–Kier alpha value is -1.45. The van der Waals surface area contributed by atoms with Gasteiger partial charge in [-0.3, -0.25) is 9.79 Å². The quantitative estimate of drug-likeness (QED) is 0.562. The highest BCUT2D eigenvalue weighted by molar-refractivity contribution is 6.11. The molecule has 1 amide bonds. The molecule has 0 fully saturated rings. The number of likely N-dealkylation sites (N-methyl/N-ethyl adjacent to an activating group) is 1. The molecule has 4 heteroatoms. The smallest absolute Gasteiger partial charge is 0.251 e. The summed E-state index contributed by atoms with van der Waals surface area (Å²) < 4.78 is 13.3. The van der Waals surface area contributed by atoms with E-state index in [2.05, 4.69) is 23.5 Å². The number of carbonyl (C=O) groups excluding carboxylic acids is 1. The summed E-state index contributed by atoms with van der Waals surface area (Å²) in [4.78, 5) is 15.2. The summed E-state index contributed by atoms with van der Waals surface area (Å²) >= 11 is 0. The van der Waals surface area contributed by atoms with Gasteiger partial charge in [-0.25, -0.2) is 4.39 Å². The third-order valence-corrected chi connectivity index (χ3v) is 2.78. The van der Waals surface area contributed by atoms with Crippen LogP contribution in [-0.2, 0) is 4.79 Å². The molecule has 0 bridgehead atoms. The fourth-order valence-electron chi connectivity index (χ4n) is 1.26. The third kappa shape index (κ3) is 4.93. The molecular weight excluding hydrogens is 219 g/mol. The number of rotatable bonds is 6. The summed E-state index contributed by atoms with van der Waals surface area (Å²) in [6, 6.07) is -0.628. The summed E-state index contributed by atoms with van der Waals surface area (Å²) in [5.74, 6) is -0.527. The van der Waals surface area contributed by atoms with E-state index in [4.69, 9.17) is 0 Å². The second-order valence-electron chi connectivity index (χ2n) is 4.38. The van der Waals surface area contributed by atoms with Gasteiger partial charge in [0.1, 0.15) is 11.9 Å². The molecule has 0 aliphatic carbocycles. The Morgan fingerprint density at radius 1 is 1.35 bits per heavy atom. The lowest BCUT2D eigenvalue weighted by molar-refractivity contribution is -0.116. The Labute approximate surface area is 103 Å². The third-order valence-electron chi connectivity index (χ3n) is 2.78. The van der Waals surface area contributed by atoms with E-state index in [1.807, 2.05) is 20.8 Å². The summed E-state index contributed by atoms with van der Waals surface area (Å²) in [6.07, 6.45) is 1.30. The molecule has 0 saturated carbocycles. The van der Waals surface area contributed by atoms with Crippen LogP contribution >= 0.6 is 0 Å². The van der Waals surface area contributed by atoms with Crippen molar-refractivity contribution in [2.75, 3.05) is 7.05 Å². The highest BCUT2D eigenvalue weighted by Gasteiger charge is 2.22. The van der Waals surface area contributed by atoms with Crippen LogP contribution in [0.15, 0.2) is 29.6 Å². The van der Waals surface area contributed by atoms with Crippen LogP contribution in [0.5, 0.6) is 0 Å². The maximum Gasteiger partial charge on any atom is 0.251 e. The van der Waals surface area contributed by atoms with Gasteiger partial charge in [-0.15, -0.1) is 0 Å². The van der Waals surface area contributed by atoms with Crippen LogP contribution in [0.4, 0.5) is 4.39 Å². The van der Waals surface area contributed by atoms with Crippen molar-refractivity contribution in [3.8, 4) is 0 Å². The van der Waals surface area contributed by atoms with Crippen molar-refractivity contribution in [3.63, 3.8) is 0 Å². The number of amides is 1. The molecule has 0 aromatic rings. The van der Waals surface area contributed by atoms with E-state index >= 15 is 0 Å². The topological polar surface area (TPSA) is 41.5 Å². The maximum atomic E-state index is 13.3. The second-order valence-corrected chi connectivity index (χ2v) is 4.38. The lowest BCUT2D eigenvalue weighted by Gasteiger charge is -2.21. The lowest BCUT2D eigenvalue weighted by atomic mass is 9.90. The minimum atomic E-state index is -0.628. The van der Waals surface area contributed by atoms with Crippen molar-refractivity contribution in [1.29, 1.82) is 0 Å². The highest BCUT2D eigenvalue weighted by atomic mass is 19.1. The molecule has 0 rings (SSSR count). The van der Waals surface area contributed by atoms with Gasteiger partial charge in [-0.1, -0.05) is 33.9 Å². The fraction of sp³-hybridized carbons (Fsp3) is 0.538. The largest absolute Gasteiger partial charge is 0.355 e. The summed E-state index contributed by atoms with van der Waals surface area (Å²) in [5, 5.41) is 2.42. The van der Waals surface area contributed by atoms with Gasteiger partial charge in [0.25, 0.3) is 5.91 Å². The first-order chi connectivity index (χ1) is 7.81. The van der Waals surface area contributed by atoms with Crippen LogP contribution < -0.4 is 5.32 Å². The van der Waals surface area contributed by atoms with Crippen molar-refractivity contribution in [2.45, 2.75) is 26.8 Å². The van der Waals surface area contributed by atoms with Crippen LogP contribution in [0.1, 0.15) is 20.8 Å². The monoisotopic (exact) mass is 240 g/mol. The first-order valence-corrected chi connectivity index (χ1v) is 5.59. The lowest BCUT2D eigenvalue weighted by Crippen LogP contribution is -2.23. The zero-order valence-corrected chi connectivity index (χ0v) is 11.0. The van der Waals surface area contributed by atoms with E-state index in [1.54, 1.807) is 0 Å². The number of carbonyl (C=O) groups is 1. The van der Waals surface area contributed by atoms with E-state index in [9.17, 15) is 9.18 Å². The van der Waals surface area contributed by atoms with Crippen LogP contribution in [0.25, 0.3) is 0 Å². The second kappa shape index (κ2) is 6.99. The SMILES string of the molecule is C=C(C=NC(C(=C)F)[C@@H](C)C(C)C)C(=O)NC. The summed E-state index contributed by atoms with van der Waals surface area (Å²) in [6.45, 7) is 12.7. The summed E-state index contributed by atoms with van der Waals surface area (Å²) in [5.41, 5.74) is 0.203. The molecule has 0 spiro atoms. The highest BCUT2D eigenvalue weighted by Crippen LogP contribution is 2.23. The standard InChI is InChI=1S/C13H21FN2O/c1-8(2)10(4)12(11(5)14)16-7-9(3)13(17)15-6/h7-8,10,12H,3,5H2,1-2,4,6H3,(H,15,17)/t10-,12?/m0/s1. The van der Waals surface area contributed by atoms with Gasteiger partial charge in [0.2, 0.25) is 0 Å². The van der Waals surface area contributed by atoms with Crippen molar-refractivity contribution in [2.24, 2.45) is 16.8 Å². The van der Waals surface area contributed by atoms with E-state index in [1.165, 1.54) is 13.3 Å². The van der Waals surface area contributed by atoms with Gasteiger partial charge < -0.3 is 5.32 Å². The van der Waals surface area contributed by atoms with Gasteiger partial charge >= 0.3 is 0 Å². The van der Waals surface area contributed by atoms with Crippen LogP contribution in [0.3, 0.4) is 0 Å². The van der Waals surface area contributed by atoms with E-state index in [0.29, 0.717) is 0 Å². The molecule has 0 heterocycles. The number of nitrogens with zero attached hydrogens (tertiary/aromatic N) is 1. The maximum absolute atomic E-state index is 13.3. The minimum Gasteiger partial charge on any atom is -0.355 e. The van der Waals surface area contributed by atoms with Gasteiger partial charge in [0, 0.05) is 18.8 Å². The Morgan fingerprint density at radius 3 is 2.24 bits per heavy atom. The zero-order valence-electron chi connectivity index (χ0n) is 11.0. The molecule has 17 heavy (non-hydrogen) atoms. The number of hydrogen-bond acceptors (Lipinski definition) is 2. The average molecular weight is 240 g/mol. The van der Waals surface area contributed by atoms with Gasteiger partial charge in [0.15, 0.2) is 0 Å². The number of nitrogens with one attached hydrogen (secondary N) is 1. The van der Waals surface area contributed by atoms with Gasteiger partial charge in [-0.05, 0) is 11.8 Å². The molecule has 0 saturated heterocycles. The number of aliphatic imine (C=N–C) groups is 1. The number of halogens is 1. The first kappa shape index (κ1) is 15.6. The van der Waals surface area contributed by atoms with Gasteiger partial charge in [-0.2, -0.15) is 0 Å². The molecule has 0 aliphatic rings. The molecule has 0 aromatic carbocycles. The Kier molecular flexibility index (Phi) is 6.39. The van der Waals surface area contributed by atoms with Crippen LogP contribution in [0, 0.1) is 11.8 Å². The molecule has 0 aliphatic heterocycles. The molecule has 96 valence electrons. The van der Waals surface area contributed by atoms with Crippen molar-refractivity contribution >= 4 is 12.1 Å². The normalized spacial score (nSPS) is 14.7. The predicted octanol–water partition coefficient (Wildman–Crippen LogP) is 2.50.